The number of hydrogen-bond acceptors (Lipinski definition) is 4. The van der Waals surface area contributed by atoms with Gasteiger partial charge < -0.3 is 11.1 Å². The predicted molar refractivity (Wildman–Crippen MR) is 60.8 cm³/mol. The van der Waals surface area contributed by atoms with Crippen molar-refractivity contribution in [2.45, 2.75) is 18.9 Å². The minimum Gasteiger partial charge on any atom is -0.396 e. The lowest BCUT2D eigenvalue weighted by molar-refractivity contribution is 0.0930. The molecular weight excluding hydrogens is 212 g/mol. The molecule has 1 aromatic rings. The summed E-state index contributed by atoms with van der Waals surface area (Å²) in [5, 5.41) is 9.28. The molecule has 0 aromatic carbocycles. The molecule has 0 radical (unpaired) electrons. The molecule has 0 saturated carbocycles. The summed E-state index contributed by atoms with van der Waals surface area (Å²) in [6.07, 6.45) is 3.51. The van der Waals surface area contributed by atoms with Crippen LogP contribution >= 0.6 is 11.8 Å². The van der Waals surface area contributed by atoms with Crippen molar-refractivity contribution >= 4 is 23.4 Å². The molecule has 1 amide bonds. The number of hydrogen-bond donors (Lipinski definition) is 3. The van der Waals surface area contributed by atoms with E-state index in [1.165, 1.54) is 6.20 Å². The molecule has 0 aliphatic carbocycles. The Morgan fingerprint density at radius 2 is 2.33 bits per heavy atom. The Morgan fingerprint density at radius 3 is 2.93 bits per heavy atom. The van der Waals surface area contributed by atoms with E-state index in [0.29, 0.717) is 11.4 Å². The molecule has 1 aliphatic rings. The summed E-state index contributed by atoms with van der Waals surface area (Å²) in [6, 6.07) is 0.279. The summed E-state index contributed by atoms with van der Waals surface area (Å²) in [5.74, 6) is 2.08. The van der Waals surface area contributed by atoms with Crippen LogP contribution in [0.25, 0.3) is 0 Å². The number of H-pyrrole nitrogens is 1. The van der Waals surface area contributed by atoms with Crippen LogP contribution in [0.15, 0.2) is 6.20 Å². The Bertz CT molecular complexity index is 346. The number of rotatable bonds is 2. The SMILES string of the molecule is Nc1cn[nH]c1C(=O)NC1CCSCC1. The van der Waals surface area contributed by atoms with Crippen LogP contribution in [-0.4, -0.2) is 33.7 Å². The van der Waals surface area contributed by atoms with E-state index in [0.717, 1.165) is 24.3 Å². The van der Waals surface area contributed by atoms with E-state index in [1.54, 1.807) is 0 Å². The van der Waals surface area contributed by atoms with Crippen molar-refractivity contribution in [3.63, 3.8) is 0 Å². The molecule has 82 valence electrons. The number of nitrogens with zero attached hydrogens (tertiary/aromatic N) is 1. The number of aromatic nitrogens is 2. The minimum absolute atomic E-state index is 0.151. The van der Waals surface area contributed by atoms with Gasteiger partial charge in [0.05, 0.1) is 11.9 Å². The summed E-state index contributed by atoms with van der Waals surface area (Å²) in [4.78, 5) is 11.7. The van der Waals surface area contributed by atoms with Crippen molar-refractivity contribution in [3.8, 4) is 0 Å². The lowest BCUT2D eigenvalue weighted by Crippen LogP contribution is -2.37. The number of carbonyl (C=O) groups is 1. The number of nitrogens with two attached hydrogens (primary N) is 1. The smallest absolute Gasteiger partial charge is 0.271 e. The molecule has 4 N–H and O–H groups in total. The van der Waals surface area contributed by atoms with Gasteiger partial charge in [0.2, 0.25) is 0 Å². The van der Waals surface area contributed by atoms with Crippen LogP contribution in [-0.2, 0) is 0 Å². The summed E-state index contributed by atoms with van der Waals surface area (Å²) in [6.45, 7) is 0. The lowest BCUT2D eigenvalue weighted by atomic mass is 10.1. The van der Waals surface area contributed by atoms with Gasteiger partial charge in [0, 0.05) is 6.04 Å². The predicted octanol–water partition coefficient (Wildman–Crippen LogP) is 0.617. The van der Waals surface area contributed by atoms with Gasteiger partial charge in [0.15, 0.2) is 0 Å². The number of carbonyl (C=O) groups excluding carboxylic acids is 1. The van der Waals surface area contributed by atoms with Crippen molar-refractivity contribution in [3.05, 3.63) is 11.9 Å². The van der Waals surface area contributed by atoms with E-state index in [-0.39, 0.29) is 11.9 Å². The molecule has 0 atom stereocenters. The van der Waals surface area contributed by atoms with Gasteiger partial charge in [-0.2, -0.15) is 16.9 Å². The second-order valence-electron chi connectivity index (χ2n) is 3.56. The molecule has 1 aromatic heterocycles. The molecule has 15 heavy (non-hydrogen) atoms. The third-order valence-electron chi connectivity index (χ3n) is 2.45. The van der Waals surface area contributed by atoms with Gasteiger partial charge in [-0.05, 0) is 24.3 Å². The van der Waals surface area contributed by atoms with Crippen molar-refractivity contribution in [2.24, 2.45) is 0 Å². The first-order chi connectivity index (χ1) is 7.27. The quantitative estimate of drug-likeness (QED) is 0.690. The molecule has 2 heterocycles. The Kier molecular flexibility index (Phi) is 3.15. The number of anilines is 1. The zero-order valence-electron chi connectivity index (χ0n) is 8.32. The van der Waals surface area contributed by atoms with Crippen LogP contribution in [0.5, 0.6) is 0 Å². The zero-order chi connectivity index (χ0) is 10.7. The fourth-order valence-corrected chi connectivity index (χ4v) is 2.68. The molecule has 1 saturated heterocycles. The Morgan fingerprint density at radius 1 is 1.60 bits per heavy atom. The molecule has 6 heteroatoms. The molecule has 2 rings (SSSR count). The number of aromatic amines is 1. The van der Waals surface area contributed by atoms with Crippen LogP contribution in [0, 0.1) is 0 Å². The number of nitrogens with one attached hydrogen (secondary N) is 2. The van der Waals surface area contributed by atoms with Crippen LogP contribution in [0.2, 0.25) is 0 Å². The highest BCUT2D eigenvalue weighted by Gasteiger charge is 2.18. The monoisotopic (exact) mass is 226 g/mol. The summed E-state index contributed by atoms with van der Waals surface area (Å²) >= 11 is 1.93. The summed E-state index contributed by atoms with van der Waals surface area (Å²) < 4.78 is 0. The van der Waals surface area contributed by atoms with E-state index in [1.807, 2.05) is 11.8 Å². The molecule has 1 fully saturated rings. The highest BCUT2D eigenvalue weighted by molar-refractivity contribution is 7.99. The van der Waals surface area contributed by atoms with E-state index in [2.05, 4.69) is 15.5 Å². The van der Waals surface area contributed by atoms with Crippen molar-refractivity contribution in [1.82, 2.24) is 15.5 Å². The summed E-state index contributed by atoms with van der Waals surface area (Å²) in [5.41, 5.74) is 6.36. The van der Waals surface area contributed by atoms with Crippen LogP contribution in [0.3, 0.4) is 0 Å². The van der Waals surface area contributed by atoms with Crippen molar-refractivity contribution in [2.75, 3.05) is 17.2 Å². The standard InChI is InChI=1S/C9H14N4OS/c10-7-5-11-13-8(7)9(14)12-6-1-3-15-4-2-6/h5-6H,1-4,10H2,(H,11,13)(H,12,14). The largest absolute Gasteiger partial charge is 0.396 e. The van der Waals surface area contributed by atoms with Gasteiger partial charge in [0.1, 0.15) is 5.69 Å². The number of nitrogen functional groups attached to an aromatic ring is 1. The lowest BCUT2D eigenvalue weighted by Gasteiger charge is -2.22. The average molecular weight is 226 g/mol. The van der Waals surface area contributed by atoms with E-state index in [9.17, 15) is 4.79 Å². The van der Waals surface area contributed by atoms with Crippen LogP contribution in [0.4, 0.5) is 5.69 Å². The molecular formula is C9H14N4OS. The maximum Gasteiger partial charge on any atom is 0.271 e. The van der Waals surface area contributed by atoms with E-state index >= 15 is 0 Å². The number of thioether (sulfide) groups is 1. The third-order valence-corrected chi connectivity index (χ3v) is 3.50. The highest BCUT2D eigenvalue weighted by atomic mass is 32.2. The molecule has 5 nitrogen and oxygen atoms in total. The first-order valence-electron chi connectivity index (χ1n) is 4.95. The second kappa shape index (κ2) is 4.57. The second-order valence-corrected chi connectivity index (χ2v) is 4.79. The van der Waals surface area contributed by atoms with Gasteiger partial charge in [0.25, 0.3) is 5.91 Å². The minimum atomic E-state index is -0.151. The average Bonchev–Trinajstić information content (AvgIpc) is 2.66. The molecule has 0 spiro atoms. The van der Waals surface area contributed by atoms with Gasteiger partial charge in [-0.25, -0.2) is 0 Å². The fourth-order valence-electron chi connectivity index (χ4n) is 1.58. The van der Waals surface area contributed by atoms with Crippen molar-refractivity contribution < 1.29 is 4.79 Å². The Labute approximate surface area is 92.2 Å². The van der Waals surface area contributed by atoms with Gasteiger partial charge in [-0.3, -0.25) is 9.89 Å². The van der Waals surface area contributed by atoms with Gasteiger partial charge >= 0.3 is 0 Å². The molecule has 0 unspecified atom stereocenters. The first-order valence-corrected chi connectivity index (χ1v) is 6.10. The Hall–Kier alpha value is -1.17. The third kappa shape index (κ3) is 2.44. The maximum atomic E-state index is 11.7. The van der Waals surface area contributed by atoms with E-state index in [4.69, 9.17) is 5.73 Å². The van der Waals surface area contributed by atoms with E-state index < -0.39 is 0 Å². The number of amides is 1. The van der Waals surface area contributed by atoms with Crippen LogP contribution in [0.1, 0.15) is 23.3 Å². The normalized spacial score (nSPS) is 17.6. The fraction of sp³-hybridized carbons (Fsp3) is 0.556. The highest BCUT2D eigenvalue weighted by Crippen LogP contribution is 2.17. The summed E-state index contributed by atoms with van der Waals surface area (Å²) in [7, 11) is 0. The van der Waals surface area contributed by atoms with Gasteiger partial charge in [-0.15, -0.1) is 0 Å². The molecule has 0 bridgehead atoms. The van der Waals surface area contributed by atoms with Gasteiger partial charge in [-0.1, -0.05) is 0 Å². The Balaban J connectivity index is 1.94. The first kappa shape index (κ1) is 10.4. The van der Waals surface area contributed by atoms with Crippen LogP contribution < -0.4 is 11.1 Å². The molecule has 1 aliphatic heterocycles. The zero-order valence-corrected chi connectivity index (χ0v) is 9.14. The maximum absolute atomic E-state index is 11.7. The topological polar surface area (TPSA) is 83.8 Å². The van der Waals surface area contributed by atoms with Crippen molar-refractivity contribution in [1.29, 1.82) is 0 Å².